The normalized spacial score (nSPS) is 12.1. The predicted octanol–water partition coefficient (Wildman–Crippen LogP) is 4.78. The number of hydrogen-bond acceptors (Lipinski definition) is 5. The lowest BCUT2D eigenvalue weighted by Gasteiger charge is -2.30. The fourth-order valence-corrected chi connectivity index (χ4v) is 2.88. The van der Waals surface area contributed by atoms with Crippen molar-refractivity contribution in [1.29, 1.82) is 0 Å². The Hall–Kier alpha value is -1.59. The molecule has 160 valence electrons. The van der Waals surface area contributed by atoms with E-state index < -0.39 is 0 Å². The second kappa shape index (κ2) is 10.8. The smallest absolute Gasteiger partial charge is 0.306 e. The molecule has 0 heterocycles. The number of benzene rings is 1. The van der Waals surface area contributed by atoms with Gasteiger partial charge in [-0.2, -0.15) is 0 Å². The Kier molecular flexibility index (Phi) is 9.45. The summed E-state index contributed by atoms with van der Waals surface area (Å²) >= 11 is 0. The van der Waals surface area contributed by atoms with Gasteiger partial charge in [-0.25, -0.2) is 0 Å². The molecule has 0 amide bonds. The fourth-order valence-electron chi connectivity index (χ4n) is 2.88. The molecule has 0 saturated heterocycles. The zero-order chi connectivity index (χ0) is 21.4. The molecule has 0 spiro atoms. The first kappa shape index (κ1) is 24.4. The minimum absolute atomic E-state index is 0.109. The van der Waals surface area contributed by atoms with Gasteiger partial charge in [-0.1, -0.05) is 53.7 Å². The second-order valence-electron chi connectivity index (χ2n) is 8.99. The molecular weight excluding hydrogens is 356 g/mol. The van der Waals surface area contributed by atoms with Crippen molar-refractivity contribution < 1.29 is 23.7 Å². The lowest BCUT2D eigenvalue weighted by Crippen LogP contribution is -2.21. The van der Waals surface area contributed by atoms with Crippen molar-refractivity contribution in [3.05, 3.63) is 28.8 Å². The molecule has 0 bridgehead atoms. The molecule has 0 atom stereocenters. The van der Waals surface area contributed by atoms with Crippen LogP contribution in [0.3, 0.4) is 0 Å². The number of carbonyl (C=O) groups is 1. The summed E-state index contributed by atoms with van der Waals surface area (Å²) in [5.41, 5.74) is 3.14. The van der Waals surface area contributed by atoms with Crippen LogP contribution in [0.25, 0.3) is 0 Å². The van der Waals surface area contributed by atoms with Crippen LogP contribution >= 0.6 is 0 Å². The summed E-state index contributed by atoms with van der Waals surface area (Å²) in [5.74, 6) is 0.710. The first-order chi connectivity index (χ1) is 13.0. The Balaban J connectivity index is 3.21. The van der Waals surface area contributed by atoms with Gasteiger partial charge in [0.1, 0.15) is 5.75 Å². The highest BCUT2D eigenvalue weighted by atomic mass is 16.7. The van der Waals surface area contributed by atoms with E-state index in [0.29, 0.717) is 32.7 Å². The number of hydrogen-bond donors (Lipinski definition) is 0. The summed E-state index contributed by atoms with van der Waals surface area (Å²) in [7, 11) is 1.65. The highest BCUT2D eigenvalue weighted by Gasteiger charge is 2.28. The van der Waals surface area contributed by atoms with E-state index in [0.717, 1.165) is 22.4 Å². The van der Waals surface area contributed by atoms with Gasteiger partial charge in [0, 0.05) is 24.7 Å². The van der Waals surface area contributed by atoms with E-state index in [1.807, 2.05) is 6.92 Å². The quantitative estimate of drug-likeness (QED) is 0.325. The molecule has 0 fully saturated rings. The average molecular weight is 395 g/mol. The Labute approximate surface area is 170 Å². The molecule has 0 aromatic heterocycles. The molecule has 5 nitrogen and oxygen atoms in total. The van der Waals surface area contributed by atoms with Gasteiger partial charge in [-0.05, 0) is 29.7 Å². The molecular formula is C23H38O5. The maximum absolute atomic E-state index is 11.8. The Morgan fingerprint density at radius 2 is 1.54 bits per heavy atom. The highest BCUT2D eigenvalue weighted by molar-refractivity contribution is 5.69. The van der Waals surface area contributed by atoms with Crippen LogP contribution in [0.5, 0.6) is 5.75 Å². The van der Waals surface area contributed by atoms with Crippen molar-refractivity contribution in [3.8, 4) is 5.75 Å². The fraction of sp³-hybridized carbons (Fsp3) is 0.696. The van der Waals surface area contributed by atoms with Crippen LogP contribution in [0.1, 0.15) is 71.6 Å². The average Bonchev–Trinajstić information content (AvgIpc) is 2.58. The van der Waals surface area contributed by atoms with Crippen LogP contribution in [0.4, 0.5) is 0 Å². The van der Waals surface area contributed by atoms with Crippen LogP contribution in [-0.2, 0) is 36.3 Å². The summed E-state index contributed by atoms with van der Waals surface area (Å²) in [4.78, 5) is 11.8. The summed E-state index contributed by atoms with van der Waals surface area (Å²) < 4.78 is 21.7. The molecule has 0 saturated carbocycles. The molecule has 1 aromatic rings. The van der Waals surface area contributed by atoms with Gasteiger partial charge in [0.2, 0.25) is 0 Å². The molecule has 0 N–H and O–H groups in total. The minimum Gasteiger partial charge on any atom is -0.467 e. The number of methoxy groups -OCH3 is 1. The monoisotopic (exact) mass is 394 g/mol. The van der Waals surface area contributed by atoms with Crippen molar-refractivity contribution in [2.45, 2.75) is 72.1 Å². The van der Waals surface area contributed by atoms with Crippen LogP contribution in [0.15, 0.2) is 12.1 Å². The first-order valence-electron chi connectivity index (χ1n) is 10.0. The molecule has 0 aliphatic carbocycles. The molecule has 5 heteroatoms. The van der Waals surface area contributed by atoms with Gasteiger partial charge in [-0.15, -0.1) is 0 Å². The van der Waals surface area contributed by atoms with Gasteiger partial charge in [0.05, 0.1) is 19.8 Å². The van der Waals surface area contributed by atoms with Crippen molar-refractivity contribution in [1.82, 2.24) is 0 Å². The molecule has 1 aromatic carbocycles. The van der Waals surface area contributed by atoms with Crippen LogP contribution in [-0.4, -0.2) is 39.7 Å². The number of carbonyl (C=O) groups excluding carboxylic acids is 1. The Morgan fingerprint density at radius 1 is 0.964 bits per heavy atom. The van der Waals surface area contributed by atoms with Crippen LogP contribution in [0, 0.1) is 0 Å². The Bertz CT molecular complexity index is 588. The molecule has 1 rings (SSSR count). The van der Waals surface area contributed by atoms with Crippen LogP contribution in [0.2, 0.25) is 0 Å². The van der Waals surface area contributed by atoms with Crippen molar-refractivity contribution in [2.75, 3.05) is 33.7 Å². The topological polar surface area (TPSA) is 54.0 Å². The largest absolute Gasteiger partial charge is 0.467 e. The van der Waals surface area contributed by atoms with E-state index in [-0.39, 0.29) is 23.6 Å². The van der Waals surface area contributed by atoms with E-state index in [4.69, 9.17) is 18.9 Å². The summed E-state index contributed by atoms with van der Waals surface area (Å²) in [6, 6.07) is 4.30. The molecule has 0 radical (unpaired) electrons. The first-order valence-corrected chi connectivity index (χ1v) is 10.0. The molecule has 0 aliphatic heterocycles. The lowest BCUT2D eigenvalue weighted by molar-refractivity contribution is -0.143. The lowest BCUT2D eigenvalue weighted by atomic mass is 9.78. The van der Waals surface area contributed by atoms with Gasteiger partial charge >= 0.3 is 5.97 Å². The van der Waals surface area contributed by atoms with E-state index in [9.17, 15) is 4.79 Å². The Morgan fingerprint density at radius 3 is 2.00 bits per heavy atom. The van der Waals surface area contributed by atoms with E-state index in [1.54, 1.807) is 7.11 Å². The summed E-state index contributed by atoms with van der Waals surface area (Å²) in [6.07, 6.45) is 1.02. The van der Waals surface area contributed by atoms with E-state index in [2.05, 4.69) is 53.7 Å². The third-order valence-corrected chi connectivity index (χ3v) is 4.41. The van der Waals surface area contributed by atoms with Crippen molar-refractivity contribution in [2.24, 2.45) is 0 Å². The van der Waals surface area contributed by atoms with Crippen molar-refractivity contribution in [3.63, 3.8) is 0 Å². The maximum Gasteiger partial charge on any atom is 0.306 e. The van der Waals surface area contributed by atoms with E-state index >= 15 is 0 Å². The van der Waals surface area contributed by atoms with Crippen molar-refractivity contribution >= 4 is 5.97 Å². The van der Waals surface area contributed by atoms with Gasteiger partial charge in [0.15, 0.2) is 6.79 Å². The maximum atomic E-state index is 11.8. The third-order valence-electron chi connectivity index (χ3n) is 4.41. The zero-order valence-corrected chi connectivity index (χ0v) is 18.9. The molecule has 0 unspecified atom stereocenters. The highest BCUT2D eigenvalue weighted by Crippen LogP contribution is 2.41. The predicted molar refractivity (Wildman–Crippen MR) is 112 cm³/mol. The molecule has 0 aliphatic rings. The number of rotatable bonds is 10. The number of esters is 1. The van der Waals surface area contributed by atoms with Crippen LogP contribution < -0.4 is 4.74 Å². The van der Waals surface area contributed by atoms with Gasteiger partial charge < -0.3 is 18.9 Å². The number of aryl methyl sites for hydroxylation is 1. The minimum atomic E-state index is -0.163. The summed E-state index contributed by atoms with van der Waals surface area (Å²) in [5, 5.41) is 0. The molecule has 28 heavy (non-hydrogen) atoms. The van der Waals surface area contributed by atoms with Gasteiger partial charge in [0.25, 0.3) is 0 Å². The summed E-state index contributed by atoms with van der Waals surface area (Å²) in [6.45, 7) is 16.5. The SMILES string of the molecule is CCOC(=O)CCc1cc(C(C)(C)C)c(OCOCCOC)c(C(C)(C)C)c1. The second-order valence-corrected chi connectivity index (χ2v) is 8.99. The third kappa shape index (κ3) is 7.80. The zero-order valence-electron chi connectivity index (χ0n) is 18.9. The standard InChI is InChI=1S/C23H38O5/c1-9-27-20(24)11-10-17-14-18(22(2,3)4)21(19(15-17)23(5,6)7)28-16-26-13-12-25-8/h14-15H,9-13,16H2,1-8H3. The van der Waals surface area contributed by atoms with Gasteiger partial charge in [-0.3, -0.25) is 4.79 Å². The van der Waals surface area contributed by atoms with E-state index in [1.165, 1.54) is 0 Å². The number of ether oxygens (including phenoxy) is 4.